The zero-order valence-corrected chi connectivity index (χ0v) is 22.5. The first-order chi connectivity index (χ1) is 17.1. The van der Waals surface area contributed by atoms with E-state index in [9.17, 15) is 59.0 Å². The highest BCUT2D eigenvalue weighted by Gasteiger charge is 2.35. The van der Waals surface area contributed by atoms with Gasteiger partial charge in [-0.05, 0) is 0 Å². The maximum Gasteiger partial charge on any atom is 0.306 e. The first kappa shape index (κ1) is 35.3. The molecule has 0 fully saturated rings. The van der Waals surface area contributed by atoms with Crippen LogP contribution in [0.4, 0.5) is 0 Å². The van der Waals surface area contributed by atoms with Gasteiger partial charge in [-0.3, -0.25) is 31.8 Å². The molecule has 0 aliphatic rings. The van der Waals surface area contributed by atoms with E-state index in [4.69, 9.17) is 14.2 Å². The van der Waals surface area contributed by atoms with Crippen molar-refractivity contribution in [1.29, 1.82) is 0 Å². The van der Waals surface area contributed by atoms with E-state index in [2.05, 4.69) is 0 Å². The minimum absolute atomic E-state index is 0.549. The number of esters is 3. The normalized spacial score (nSPS) is 15.6. The third-order valence-electron chi connectivity index (χ3n) is 4.32. The lowest BCUT2D eigenvalue weighted by atomic mass is 9.92. The quantitative estimate of drug-likeness (QED) is 0.0850. The number of rotatable bonds is 19. The van der Waals surface area contributed by atoms with Crippen LogP contribution in [-0.2, 0) is 76.5 Å². The molecule has 16 nitrogen and oxygen atoms in total. The number of hydrogen-bond acceptors (Lipinski definition) is 16. The first-order valence-corrected chi connectivity index (χ1v) is 15.5. The van der Waals surface area contributed by atoms with Gasteiger partial charge in [-0.15, -0.1) is 0 Å². The predicted octanol–water partition coefficient (Wildman–Crippen LogP) is -3.27. The largest absolute Gasteiger partial charge is 0.772 e. The highest BCUT2D eigenvalue weighted by Crippen LogP contribution is 2.20. The first-order valence-electron chi connectivity index (χ1n) is 10.1. The van der Waals surface area contributed by atoms with Gasteiger partial charge in [-0.1, -0.05) is 22.2 Å². The third-order valence-corrected chi connectivity index (χ3v) is 7.62. The molecule has 216 valence electrons. The number of aliphatic hydroxyl groups excluding tert-OH is 1. The van der Waals surface area contributed by atoms with Gasteiger partial charge < -0.3 is 33.0 Å². The SMILES string of the molecule is O=C(CCS(=O)[O-])OCC(CO)(COC(=O)CCS(=O)[O-])COC(=O)CCS(=O)(=O)CCC(=O)S(=O)[O-]. The molecule has 0 aromatic carbocycles. The van der Waals surface area contributed by atoms with Crippen molar-refractivity contribution in [3.63, 3.8) is 0 Å². The summed E-state index contributed by atoms with van der Waals surface area (Å²) >= 11 is -8.18. The van der Waals surface area contributed by atoms with Crippen molar-refractivity contribution in [1.82, 2.24) is 0 Å². The van der Waals surface area contributed by atoms with Gasteiger partial charge in [0.05, 0.1) is 42.8 Å². The molecule has 0 radical (unpaired) electrons. The number of aliphatic hydroxyl groups is 1. The Bertz CT molecular complexity index is 942. The monoisotopic (exact) mass is 613 g/mol. The molecule has 0 bridgehead atoms. The van der Waals surface area contributed by atoms with Crippen LogP contribution in [0.25, 0.3) is 0 Å². The second-order valence-electron chi connectivity index (χ2n) is 7.41. The highest BCUT2D eigenvalue weighted by molar-refractivity contribution is 7.95. The van der Waals surface area contributed by atoms with E-state index in [1.54, 1.807) is 0 Å². The molecule has 0 rings (SSSR count). The Morgan fingerprint density at radius 1 is 0.703 bits per heavy atom. The van der Waals surface area contributed by atoms with E-state index in [1.165, 1.54) is 0 Å². The van der Waals surface area contributed by atoms with Crippen LogP contribution in [0.5, 0.6) is 0 Å². The average molecular weight is 614 g/mol. The van der Waals surface area contributed by atoms with Crippen LogP contribution >= 0.6 is 0 Å². The summed E-state index contributed by atoms with van der Waals surface area (Å²) in [5.41, 5.74) is -1.77. The highest BCUT2D eigenvalue weighted by atomic mass is 32.2. The molecule has 0 aromatic heterocycles. The Hall–Kier alpha value is -1.68. The fraction of sp³-hybridized carbons (Fsp3) is 0.765. The Balaban J connectivity index is 5.13. The zero-order chi connectivity index (χ0) is 28.6. The molecular weight excluding hydrogens is 588 g/mol. The lowest BCUT2D eigenvalue weighted by Gasteiger charge is -2.30. The fourth-order valence-electron chi connectivity index (χ4n) is 2.18. The second-order valence-corrected chi connectivity index (χ2v) is 12.7. The van der Waals surface area contributed by atoms with E-state index < -0.39 is 147 Å². The van der Waals surface area contributed by atoms with Crippen LogP contribution in [0.3, 0.4) is 0 Å². The van der Waals surface area contributed by atoms with Crippen molar-refractivity contribution in [2.75, 3.05) is 49.4 Å². The number of hydrogen-bond donors (Lipinski definition) is 1. The van der Waals surface area contributed by atoms with Crippen molar-refractivity contribution in [3.8, 4) is 0 Å². The molecule has 37 heavy (non-hydrogen) atoms. The Morgan fingerprint density at radius 2 is 1.08 bits per heavy atom. The van der Waals surface area contributed by atoms with Gasteiger partial charge >= 0.3 is 17.9 Å². The molecular formula is C17H25O16S4-3. The summed E-state index contributed by atoms with van der Waals surface area (Å²) in [5.74, 6) is -5.91. The van der Waals surface area contributed by atoms with E-state index in [1.807, 2.05) is 0 Å². The lowest BCUT2D eigenvalue weighted by molar-refractivity contribution is -0.164. The molecule has 1 N–H and O–H groups in total. The molecule has 3 atom stereocenters. The molecule has 0 aromatic rings. The molecule has 3 unspecified atom stereocenters. The van der Waals surface area contributed by atoms with Gasteiger partial charge in [-0.25, -0.2) is 8.42 Å². The zero-order valence-electron chi connectivity index (χ0n) is 19.2. The average Bonchev–Trinajstić information content (AvgIpc) is 2.83. The topological polar surface area (TPSA) is 271 Å². The standard InChI is InChI=1S/C17H28O16S4/c18-9-17(10-31-13(19)1-5-34(23)24,11-32-14(20)2-6-35(25)26)12-33-15(21)3-7-37(29,30)8-4-16(22)36(27)28/h18H,1-12H2,(H,23,24)(H,25,26)(H,27,28)/p-3. The molecule has 0 amide bonds. The lowest BCUT2D eigenvalue weighted by Crippen LogP contribution is -2.42. The predicted molar refractivity (Wildman–Crippen MR) is 121 cm³/mol. The van der Waals surface area contributed by atoms with Crippen LogP contribution in [0, 0.1) is 5.41 Å². The number of ether oxygens (including phenoxy) is 3. The second kappa shape index (κ2) is 17.8. The molecule has 0 aliphatic carbocycles. The fourth-order valence-corrected chi connectivity index (χ4v) is 4.42. The van der Waals surface area contributed by atoms with Gasteiger partial charge in [0, 0.05) is 29.0 Å². The minimum atomic E-state index is -4.02. The van der Waals surface area contributed by atoms with Gasteiger partial charge in [-0.2, -0.15) is 0 Å². The molecule has 0 aliphatic heterocycles. The molecule has 0 spiro atoms. The Morgan fingerprint density at radius 3 is 1.43 bits per heavy atom. The van der Waals surface area contributed by atoms with E-state index in [0.717, 1.165) is 0 Å². The van der Waals surface area contributed by atoms with Gasteiger partial charge in [0.25, 0.3) is 0 Å². The summed E-state index contributed by atoms with van der Waals surface area (Å²) in [7, 11) is -4.02. The minimum Gasteiger partial charge on any atom is -0.772 e. The van der Waals surface area contributed by atoms with Crippen molar-refractivity contribution < 1.29 is 73.2 Å². The number of sulfone groups is 1. The van der Waals surface area contributed by atoms with Crippen LogP contribution < -0.4 is 0 Å². The van der Waals surface area contributed by atoms with Crippen molar-refractivity contribution in [3.05, 3.63) is 0 Å². The van der Waals surface area contributed by atoms with Gasteiger partial charge in [0.2, 0.25) is 5.12 Å². The van der Waals surface area contributed by atoms with E-state index >= 15 is 0 Å². The molecule has 0 heterocycles. The number of carbonyl (C=O) groups is 4. The Labute approximate surface area is 219 Å². The summed E-state index contributed by atoms with van der Waals surface area (Å²) in [6.07, 6.45) is -2.64. The van der Waals surface area contributed by atoms with Gasteiger partial charge in [0.1, 0.15) is 19.8 Å². The van der Waals surface area contributed by atoms with Crippen LogP contribution in [0.15, 0.2) is 0 Å². The van der Waals surface area contributed by atoms with Crippen LogP contribution in [-0.4, -0.2) is 112 Å². The summed E-state index contributed by atoms with van der Waals surface area (Å²) in [4.78, 5) is 46.5. The third kappa shape index (κ3) is 17.5. The maximum absolute atomic E-state index is 12.0. The van der Waals surface area contributed by atoms with Crippen molar-refractivity contribution >= 4 is 66.1 Å². The van der Waals surface area contributed by atoms with Gasteiger partial charge in [0.15, 0.2) is 9.84 Å². The van der Waals surface area contributed by atoms with E-state index in [-0.39, 0.29) is 0 Å². The van der Waals surface area contributed by atoms with E-state index in [0.29, 0.717) is 0 Å². The molecule has 0 saturated carbocycles. The van der Waals surface area contributed by atoms with Crippen molar-refractivity contribution in [2.45, 2.75) is 25.7 Å². The maximum atomic E-state index is 12.0. The molecule has 0 saturated heterocycles. The van der Waals surface area contributed by atoms with Crippen LogP contribution in [0.2, 0.25) is 0 Å². The van der Waals surface area contributed by atoms with Crippen molar-refractivity contribution in [2.24, 2.45) is 5.41 Å². The summed E-state index contributed by atoms with van der Waals surface area (Å²) in [6, 6.07) is 0. The smallest absolute Gasteiger partial charge is 0.306 e. The summed E-state index contributed by atoms with van der Waals surface area (Å²) < 4.78 is 102. The summed E-state index contributed by atoms with van der Waals surface area (Å²) in [6.45, 7) is -3.13. The number of carbonyl (C=O) groups excluding carboxylic acids is 4. The molecule has 20 heteroatoms. The van der Waals surface area contributed by atoms with Crippen LogP contribution in [0.1, 0.15) is 25.7 Å². The Kier molecular flexibility index (Phi) is 17.0. The summed E-state index contributed by atoms with van der Waals surface area (Å²) in [5, 5.41) is 8.50.